The van der Waals surface area contributed by atoms with E-state index < -0.39 is 0 Å². The van der Waals surface area contributed by atoms with Crippen LogP contribution in [0.25, 0.3) is 0 Å². The summed E-state index contributed by atoms with van der Waals surface area (Å²) >= 11 is 0. The molecule has 0 unspecified atom stereocenters. The fourth-order valence-electron chi connectivity index (χ4n) is 2.68. The van der Waals surface area contributed by atoms with E-state index in [9.17, 15) is 0 Å². The maximum Gasteiger partial charge on any atom is 0.151 e. The third-order valence-corrected chi connectivity index (χ3v) is 3.90. The lowest BCUT2D eigenvalue weighted by molar-refractivity contribution is 0.260. The molecule has 5 nitrogen and oxygen atoms in total. The number of hydrogen-bond acceptors (Lipinski definition) is 5. The average molecular weight is 283 g/mol. The van der Waals surface area contributed by atoms with Crippen molar-refractivity contribution in [2.75, 3.05) is 43.4 Å². The predicted octanol–water partition coefficient (Wildman–Crippen LogP) is 1.42. The minimum Gasteiger partial charge on any atom is -0.396 e. The van der Waals surface area contributed by atoms with Gasteiger partial charge in [-0.3, -0.25) is 9.88 Å². The molecule has 21 heavy (non-hydrogen) atoms. The van der Waals surface area contributed by atoms with Gasteiger partial charge >= 0.3 is 0 Å². The molecule has 0 saturated carbocycles. The molecule has 1 saturated heterocycles. The number of nitrogen functional groups attached to an aromatic ring is 1. The van der Waals surface area contributed by atoms with Crippen molar-refractivity contribution in [1.29, 1.82) is 0 Å². The van der Waals surface area contributed by atoms with Gasteiger partial charge in [-0.05, 0) is 24.3 Å². The number of aromatic nitrogens is 2. The maximum atomic E-state index is 5.99. The van der Waals surface area contributed by atoms with Crippen LogP contribution in [0.15, 0.2) is 42.7 Å². The van der Waals surface area contributed by atoms with E-state index in [0.717, 1.165) is 56.3 Å². The Morgan fingerprint density at radius 2 is 1.76 bits per heavy atom. The number of hydrogen-bond donors (Lipinski definition) is 1. The second-order valence-corrected chi connectivity index (χ2v) is 5.32. The van der Waals surface area contributed by atoms with Crippen LogP contribution in [0.5, 0.6) is 0 Å². The van der Waals surface area contributed by atoms with Crippen molar-refractivity contribution in [3.8, 4) is 0 Å². The SMILES string of the molecule is Nc1cccnc1N1CCN(CCc2ccccn2)CC1. The molecule has 2 N–H and O–H groups in total. The van der Waals surface area contributed by atoms with E-state index >= 15 is 0 Å². The predicted molar refractivity (Wildman–Crippen MR) is 85.2 cm³/mol. The Bertz CT molecular complexity index is 564. The van der Waals surface area contributed by atoms with Gasteiger partial charge < -0.3 is 10.6 Å². The van der Waals surface area contributed by atoms with Crippen LogP contribution in [0.2, 0.25) is 0 Å². The van der Waals surface area contributed by atoms with Crippen LogP contribution in [-0.2, 0) is 6.42 Å². The quantitative estimate of drug-likeness (QED) is 0.919. The van der Waals surface area contributed by atoms with Gasteiger partial charge in [0, 0.05) is 57.2 Å². The van der Waals surface area contributed by atoms with Gasteiger partial charge in [0.1, 0.15) is 0 Å². The van der Waals surface area contributed by atoms with Crippen molar-refractivity contribution in [3.05, 3.63) is 48.4 Å². The summed E-state index contributed by atoms with van der Waals surface area (Å²) in [6, 6.07) is 9.88. The first-order valence-electron chi connectivity index (χ1n) is 7.40. The fraction of sp³-hybridized carbons (Fsp3) is 0.375. The first-order chi connectivity index (χ1) is 10.3. The van der Waals surface area contributed by atoms with Crippen LogP contribution in [0, 0.1) is 0 Å². The van der Waals surface area contributed by atoms with Gasteiger partial charge in [0.2, 0.25) is 0 Å². The third kappa shape index (κ3) is 3.49. The highest BCUT2D eigenvalue weighted by Gasteiger charge is 2.19. The number of pyridine rings is 2. The molecule has 1 aliphatic heterocycles. The van der Waals surface area contributed by atoms with Crippen LogP contribution in [-0.4, -0.2) is 47.6 Å². The summed E-state index contributed by atoms with van der Waals surface area (Å²) in [5.41, 5.74) is 7.92. The molecule has 0 bridgehead atoms. The molecule has 1 fully saturated rings. The summed E-state index contributed by atoms with van der Waals surface area (Å²) in [5, 5.41) is 0. The summed E-state index contributed by atoms with van der Waals surface area (Å²) in [5.74, 6) is 0.918. The Kier molecular flexibility index (Phi) is 4.31. The van der Waals surface area contributed by atoms with E-state index in [1.807, 2.05) is 30.5 Å². The van der Waals surface area contributed by atoms with Crippen LogP contribution in [0.1, 0.15) is 5.69 Å². The molecule has 0 aromatic carbocycles. The molecule has 2 aromatic rings. The Morgan fingerprint density at radius 3 is 2.48 bits per heavy atom. The molecule has 110 valence electrons. The van der Waals surface area contributed by atoms with Gasteiger partial charge in [0.05, 0.1) is 5.69 Å². The van der Waals surface area contributed by atoms with Gasteiger partial charge in [-0.25, -0.2) is 4.98 Å². The number of nitrogens with zero attached hydrogens (tertiary/aromatic N) is 4. The Balaban J connectivity index is 1.50. The smallest absolute Gasteiger partial charge is 0.151 e. The summed E-state index contributed by atoms with van der Waals surface area (Å²) < 4.78 is 0. The monoisotopic (exact) mass is 283 g/mol. The number of rotatable bonds is 4. The lowest BCUT2D eigenvalue weighted by atomic mass is 10.2. The molecule has 0 radical (unpaired) electrons. The topological polar surface area (TPSA) is 58.3 Å². The maximum absolute atomic E-state index is 5.99. The van der Waals surface area contributed by atoms with Crippen molar-refractivity contribution in [3.63, 3.8) is 0 Å². The van der Waals surface area contributed by atoms with E-state index in [4.69, 9.17) is 5.73 Å². The van der Waals surface area contributed by atoms with Crippen LogP contribution in [0.3, 0.4) is 0 Å². The molecule has 0 atom stereocenters. The molecular weight excluding hydrogens is 262 g/mol. The lowest BCUT2D eigenvalue weighted by Crippen LogP contribution is -2.47. The van der Waals surface area contributed by atoms with Crippen molar-refractivity contribution >= 4 is 11.5 Å². The highest BCUT2D eigenvalue weighted by Crippen LogP contribution is 2.20. The van der Waals surface area contributed by atoms with Crippen molar-refractivity contribution in [2.45, 2.75) is 6.42 Å². The Hall–Kier alpha value is -2.14. The standard InChI is InChI=1S/C16H21N5/c17-15-5-3-8-19-16(15)21-12-10-20(11-13-21)9-6-14-4-1-2-7-18-14/h1-5,7-8H,6,9-13,17H2. The molecule has 5 heteroatoms. The van der Waals surface area contributed by atoms with E-state index in [-0.39, 0.29) is 0 Å². The zero-order valence-electron chi connectivity index (χ0n) is 12.2. The minimum absolute atomic E-state index is 0.763. The molecular formula is C16H21N5. The van der Waals surface area contributed by atoms with E-state index in [1.165, 1.54) is 0 Å². The number of nitrogens with two attached hydrogens (primary N) is 1. The molecule has 0 spiro atoms. The highest BCUT2D eigenvalue weighted by molar-refractivity contribution is 5.62. The second kappa shape index (κ2) is 6.54. The largest absolute Gasteiger partial charge is 0.396 e. The van der Waals surface area contributed by atoms with Crippen LogP contribution in [0.4, 0.5) is 11.5 Å². The summed E-state index contributed by atoms with van der Waals surface area (Å²) in [7, 11) is 0. The molecule has 3 heterocycles. The van der Waals surface area contributed by atoms with Gasteiger partial charge in [0.15, 0.2) is 5.82 Å². The molecule has 2 aromatic heterocycles. The summed E-state index contributed by atoms with van der Waals surface area (Å²) in [4.78, 5) is 13.5. The Morgan fingerprint density at radius 1 is 0.952 bits per heavy atom. The molecule has 3 rings (SSSR count). The zero-order chi connectivity index (χ0) is 14.5. The van der Waals surface area contributed by atoms with E-state index in [2.05, 4.69) is 25.8 Å². The van der Waals surface area contributed by atoms with Gasteiger partial charge in [-0.15, -0.1) is 0 Å². The van der Waals surface area contributed by atoms with Crippen LogP contribution < -0.4 is 10.6 Å². The van der Waals surface area contributed by atoms with Crippen molar-refractivity contribution < 1.29 is 0 Å². The van der Waals surface area contributed by atoms with Gasteiger partial charge in [0.25, 0.3) is 0 Å². The second-order valence-electron chi connectivity index (χ2n) is 5.32. The lowest BCUT2D eigenvalue weighted by Gasteiger charge is -2.35. The number of anilines is 2. The highest BCUT2D eigenvalue weighted by atomic mass is 15.3. The number of piperazine rings is 1. The average Bonchev–Trinajstić information content (AvgIpc) is 2.55. The van der Waals surface area contributed by atoms with Crippen LogP contribution >= 0.6 is 0 Å². The molecule has 1 aliphatic rings. The normalized spacial score (nSPS) is 16.1. The van der Waals surface area contributed by atoms with Crippen molar-refractivity contribution in [2.24, 2.45) is 0 Å². The summed E-state index contributed by atoms with van der Waals surface area (Å²) in [6.45, 7) is 5.10. The van der Waals surface area contributed by atoms with Crippen molar-refractivity contribution in [1.82, 2.24) is 14.9 Å². The van der Waals surface area contributed by atoms with E-state index in [0.29, 0.717) is 0 Å². The van der Waals surface area contributed by atoms with Gasteiger partial charge in [-0.1, -0.05) is 6.07 Å². The molecule has 0 amide bonds. The third-order valence-electron chi connectivity index (χ3n) is 3.90. The van der Waals surface area contributed by atoms with E-state index in [1.54, 1.807) is 6.20 Å². The first-order valence-corrected chi connectivity index (χ1v) is 7.40. The first kappa shape index (κ1) is 13.8. The minimum atomic E-state index is 0.763. The Labute approximate surface area is 125 Å². The fourth-order valence-corrected chi connectivity index (χ4v) is 2.68. The zero-order valence-corrected chi connectivity index (χ0v) is 12.2. The molecule has 0 aliphatic carbocycles. The van der Waals surface area contributed by atoms with Gasteiger partial charge in [-0.2, -0.15) is 0 Å². The summed E-state index contributed by atoms with van der Waals surface area (Å²) in [6.07, 6.45) is 4.67.